The normalized spacial score (nSPS) is 18.6. The molecule has 128 valence electrons. The lowest BCUT2D eigenvalue weighted by Gasteiger charge is -2.30. The van der Waals surface area contributed by atoms with Crippen LogP contribution in [-0.2, 0) is 11.3 Å². The van der Waals surface area contributed by atoms with Crippen molar-refractivity contribution in [1.82, 2.24) is 25.2 Å². The second-order valence-electron chi connectivity index (χ2n) is 6.47. The number of rotatable bonds is 5. The summed E-state index contributed by atoms with van der Waals surface area (Å²) in [5.74, 6) is 0.507. The van der Waals surface area contributed by atoms with E-state index >= 15 is 0 Å². The van der Waals surface area contributed by atoms with Crippen molar-refractivity contribution >= 4 is 16.8 Å². The molecule has 0 radical (unpaired) electrons. The first kappa shape index (κ1) is 16.6. The van der Waals surface area contributed by atoms with Crippen LogP contribution < -0.4 is 10.9 Å². The number of fused-ring (bicyclic) bond motifs is 1. The highest BCUT2D eigenvalue weighted by Crippen LogP contribution is 2.14. The van der Waals surface area contributed by atoms with Gasteiger partial charge in [0.25, 0.3) is 5.56 Å². The van der Waals surface area contributed by atoms with Gasteiger partial charge in [-0.1, -0.05) is 24.3 Å². The SMILES string of the molecule is C[C@H]1CCCN(CCNC(=O)Cn2nnc3ccccc3c2=O)C1. The third kappa shape index (κ3) is 3.97. The molecule has 2 aromatic rings. The van der Waals surface area contributed by atoms with E-state index in [1.165, 1.54) is 12.8 Å². The molecule has 1 aliphatic heterocycles. The van der Waals surface area contributed by atoms with Crippen LogP contribution in [-0.4, -0.2) is 52.0 Å². The summed E-state index contributed by atoms with van der Waals surface area (Å²) in [6.07, 6.45) is 2.50. The van der Waals surface area contributed by atoms with Gasteiger partial charge in [-0.2, -0.15) is 0 Å². The van der Waals surface area contributed by atoms with Gasteiger partial charge in [-0.05, 0) is 37.4 Å². The summed E-state index contributed by atoms with van der Waals surface area (Å²) in [5, 5.41) is 11.2. The smallest absolute Gasteiger partial charge is 0.278 e. The predicted molar refractivity (Wildman–Crippen MR) is 91.6 cm³/mol. The van der Waals surface area contributed by atoms with Crippen molar-refractivity contribution in [2.45, 2.75) is 26.3 Å². The maximum absolute atomic E-state index is 12.3. The van der Waals surface area contributed by atoms with E-state index < -0.39 is 0 Å². The minimum absolute atomic E-state index is 0.104. The molecule has 0 saturated carbocycles. The summed E-state index contributed by atoms with van der Waals surface area (Å²) in [6, 6.07) is 7.00. The second-order valence-corrected chi connectivity index (χ2v) is 6.47. The molecule has 1 N–H and O–H groups in total. The molecule has 1 atom stereocenters. The number of piperidine rings is 1. The first-order valence-electron chi connectivity index (χ1n) is 8.45. The molecule has 1 fully saturated rings. The zero-order chi connectivity index (χ0) is 16.9. The van der Waals surface area contributed by atoms with Gasteiger partial charge in [0.1, 0.15) is 12.1 Å². The quantitative estimate of drug-likeness (QED) is 0.871. The fourth-order valence-electron chi connectivity index (χ4n) is 3.16. The fraction of sp³-hybridized carbons (Fsp3) is 0.529. The minimum Gasteiger partial charge on any atom is -0.353 e. The standard InChI is InChI=1S/C17H23N5O2/c1-13-5-4-9-21(11-13)10-8-18-16(23)12-22-17(24)14-6-2-3-7-15(14)19-20-22/h2-3,6-7,13H,4-5,8-12H2,1H3,(H,18,23)/t13-/m0/s1. The topological polar surface area (TPSA) is 80.1 Å². The number of carbonyl (C=O) groups excluding carboxylic acids is 1. The summed E-state index contributed by atoms with van der Waals surface area (Å²) in [7, 11) is 0. The Morgan fingerprint density at radius 1 is 1.38 bits per heavy atom. The number of benzene rings is 1. The molecule has 2 heterocycles. The Hall–Kier alpha value is -2.28. The summed E-state index contributed by atoms with van der Waals surface area (Å²) in [4.78, 5) is 26.7. The van der Waals surface area contributed by atoms with E-state index in [1.54, 1.807) is 24.3 Å². The van der Waals surface area contributed by atoms with Crippen LogP contribution in [0.15, 0.2) is 29.1 Å². The van der Waals surface area contributed by atoms with Crippen LogP contribution in [0.25, 0.3) is 10.9 Å². The molecule has 0 aliphatic carbocycles. The van der Waals surface area contributed by atoms with Crippen LogP contribution >= 0.6 is 0 Å². The largest absolute Gasteiger partial charge is 0.353 e. The number of aromatic nitrogens is 3. The maximum atomic E-state index is 12.3. The van der Waals surface area contributed by atoms with Crippen LogP contribution in [0, 0.1) is 5.92 Å². The Kier molecular flexibility index (Phi) is 5.20. The molecule has 1 amide bonds. The molecule has 3 rings (SSSR count). The van der Waals surface area contributed by atoms with E-state index in [4.69, 9.17) is 0 Å². The number of nitrogens with zero attached hydrogens (tertiary/aromatic N) is 4. The van der Waals surface area contributed by atoms with E-state index in [2.05, 4.69) is 27.5 Å². The highest BCUT2D eigenvalue weighted by atomic mass is 16.2. The molecule has 7 nitrogen and oxygen atoms in total. The van der Waals surface area contributed by atoms with Crippen molar-refractivity contribution in [2.24, 2.45) is 5.92 Å². The molecule has 24 heavy (non-hydrogen) atoms. The molecule has 1 saturated heterocycles. The number of hydrogen-bond acceptors (Lipinski definition) is 5. The Morgan fingerprint density at radius 3 is 3.04 bits per heavy atom. The van der Waals surface area contributed by atoms with Crippen LogP contribution in [0.3, 0.4) is 0 Å². The Morgan fingerprint density at radius 2 is 2.21 bits per heavy atom. The number of hydrogen-bond donors (Lipinski definition) is 1. The van der Waals surface area contributed by atoms with Crippen LogP contribution in [0.2, 0.25) is 0 Å². The average molecular weight is 329 g/mol. The van der Waals surface area contributed by atoms with Crippen molar-refractivity contribution in [3.05, 3.63) is 34.6 Å². The first-order valence-corrected chi connectivity index (χ1v) is 8.45. The van der Waals surface area contributed by atoms with Gasteiger partial charge in [0.05, 0.1) is 5.39 Å². The van der Waals surface area contributed by atoms with Crippen molar-refractivity contribution in [3.63, 3.8) is 0 Å². The van der Waals surface area contributed by atoms with Crippen LogP contribution in [0.5, 0.6) is 0 Å². The zero-order valence-electron chi connectivity index (χ0n) is 13.9. The minimum atomic E-state index is -0.291. The van der Waals surface area contributed by atoms with Gasteiger partial charge in [0, 0.05) is 19.6 Å². The Balaban J connectivity index is 1.53. The lowest BCUT2D eigenvalue weighted by Crippen LogP contribution is -2.41. The van der Waals surface area contributed by atoms with Gasteiger partial charge >= 0.3 is 0 Å². The maximum Gasteiger partial charge on any atom is 0.278 e. The zero-order valence-corrected chi connectivity index (χ0v) is 13.9. The Bertz CT molecular complexity index is 773. The van der Waals surface area contributed by atoms with Crippen molar-refractivity contribution < 1.29 is 4.79 Å². The fourth-order valence-corrected chi connectivity index (χ4v) is 3.16. The summed E-state index contributed by atoms with van der Waals surface area (Å²) < 4.78 is 1.11. The second kappa shape index (κ2) is 7.53. The monoisotopic (exact) mass is 329 g/mol. The number of carbonyl (C=O) groups is 1. The molecule has 1 aromatic heterocycles. The number of nitrogens with one attached hydrogen (secondary N) is 1. The third-order valence-electron chi connectivity index (χ3n) is 4.41. The number of likely N-dealkylation sites (tertiary alicyclic amines) is 1. The molecular weight excluding hydrogens is 306 g/mol. The molecule has 0 bridgehead atoms. The molecular formula is C17H23N5O2. The van der Waals surface area contributed by atoms with Gasteiger partial charge in [0.2, 0.25) is 5.91 Å². The van der Waals surface area contributed by atoms with E-state index in [0.29, 0.717) is 17.4 Å². The lowest BCUT2D eigenvalue weighted by molar-refractivity contribution is -0.122. The van der Waals surface area contributed by atoms with Crippen molar-refractivity contribution in [2.75, 3.05) is 26.2 Å². The third-order valence-corrected chi connectivity index (χ3v) is 4.41. The van der Waals surface area contributed by atoms with Crippen LogP contribution in [0.4, 0.5) is 0 Å². The van der Waals surface area contributed by atoms with Gasteiger partial charge in [-0.25, -0.2) is 4.68 Å². The van der Waals surface area contributed by atoms with Crippen molar-refractivity contribution in [1.29, 1.82) is 0 Å². The highest BCUT2D eigenvalue weighted by molar-refractivity contribution is 5.78. The molecule has 0 unspecified atom stereocenters. The van der Waals surface area contributed by atoms with Gasteiger partial charge < -0.3 is 10.2 Å². The first-order chi connectivity index (χ1) is 11.6. The summed E-state index contributed by atoms with van der Waals surface area (Å²) in [6.45, 7) is 5.76. The molecule has 7 heteroatoms. The Labute approximate surface area is 140 Å². The van der Waals surface area contributed by atoms with Gasteiger partial charge in [-0.3, -0.25) is 9.59 Å². The van der Waals surface area contributed by atoms with E-state index in [1.807, 2.05) is 0 Å². The highest BCUT2D eigenvalue weighted by Gasteiger charge is 2.16. The van der Waals surface area contributed by atoms with Crippen molar-refractivity contribution in [3.8, 4) is 0 Å². The van der Waals surface area contributed by atoms with E-state index in [0.717, 1.165) is 30.2 Å². The van der Waals surface area contributed by atoms with Crippen LogP contribution in [0.1, 0.15) is 19.8 Å². The summed E-state index contributed by atoms with van der Waals surface area (Å²) >= 11 is 0. The average Bonchev–Trinajstić information content (AvgIpc) is 2.58. The lowest BCUT2D eigenvalue weighted by atomic mass is 10.0. The molecule has 1 aliphatic rings. The van der Waals surface area contributed by atoms with Gasteiger partial charge in [-0.15, -0.1) is 5.10 Å². The van der Waals surface area contributed by atoms with Gasteiger partial charge in [0.15, 0.2) is 0 Å². The van der Waals surface area contributed by atoms with E-state index in [9.17, 15) is 9.59 Å². The van der Waals surface area contributed by atoms with E-state index in [-0.39, 0.29) is 18.0 Å². The number of amides is 1. The predicted octanol–water partition coefficient (Wildman–Crippen LogP) is 0.640. The molecule has 1 aromatic carbocycles. The summed E-state index contributed by atoms with van der Waals surface area (Å²) in [5.41, 5.74) is 0.249. The molecule has 0 spiro atoms.